The molecule has 0 saturated carbocycles. The van der Waals surface area contributed by atoms with Gasteiger partial charge in [0.15, 0.2) is 11.5 Å². The Balaban J connectivity index is 1.77. The van der Waals surface area contributed by atoms with Crippen LogP contribution in [-0.4, -0.2) is 34.8 Å². The summed E-state index contributed by atoms with van der Waals surface area (Å²) in [5, 5.41) is 15.5. The number of benzene rings is 1. The smallest absolute Gasteiger partial charge is 0.200 e. The topological polar surface area (TPSA) is 73.8 Å². The van der Waals surface area contributed by atoms with E-state index in [-0.39, 0.29) is 0 Å². The van der Waals surface area contributed by atoms with Gasteiger partial charge in [-0.2, -0.15) is 0 Å². The average Bonchev–Trinajstić information content (AvgIpc) is 3.16. The molecule has 0 amide bonds. The molecule has 0 spiro atoms. The first-order valence-electron chi connectivity index (χ1n) is 6.05. The number of tetrazole rings is 1. The molecule has 3 heterocycles. The summed E-state index contributed by atoms with van der Waals surface area (Å²) >= 11 is 0. The number of nitrogens with zero attached hydrogens (tertiary/aromatic N) is 7. The van der Waals surface area contributed by atoms with Crippen molar-refractivity contribution in [1.29, 1.82) is 0 Å². The van der Waals surface area contributed by atoms with Gasteiger partial charge in [-0.15, -0.1) is 14.8 Å². The van der Waals surface area contributed by atoms with E-state index >= 15 is 0 Å². The molecule has 0 bridgehead atoms. The molecule has 0 atom stereocenters. The summed E-state index contributed by atoms with van der Waals surface area (Å²) in [4.78, 5) is 4.39. The number of fused-ring (bicyclic) bond motifs is 1. The molecule has 0 saturated heterocycles. The Hall–Kier alpha value is -3.09. The average molecular weight is 263 g/mol. The van der Waals surface area contributed by atoms with Gasteiger partial charge in [0, 0.05) is 11.8 Å². The van der Waals surface area contributed by atoms with Gasteiger partial charge in [0.1, 0.15) is 6.33 Å². The molecule has 0 fully saturated rings. The standard InChI is InChI=1S/C13H9N7/c1-2-4-10(5-3-1)11-8-19(9-14-11)13-7-6-12-15-17-18-20(12)16-13/h1-9H. The molecule has 1 aromatic carbocycles. The summed E-state index contributed by atoms with van der Waals surface area (Å²) in [5.74, 6) is 0.708. The lowest BCUT2D eigenvalue weighted by molar-refractivity contribution is 0.718. The van der Waals surface area contributed by atoms with E-state index in [9.17, 15) is 0 Å². The van der Waals surface area contributed by atoms with Crippen molar-refractivity contribution in [1.82, 2.24) is 34.8 Å². The monoisotopic (exact) mass is 263 g/mol. The van der Waals surface area contributed by atoms with Crippen molar-refractivity contribution < 1.29 is 0 Å². The van der Waals surface area contributed by atoms with Gasteiger partial charge >= 0.3 is 0 Å². The molecule has 4 rings (SSSR count). The van der Waals surface area contributed by atoms with Crippen LogP contribution in [0.3, 0.4) is 0 Å². The second kappa shape index (κ2) is 4.23. The summed E-state index contributed by atoms with van der Waals surface area (Å²) in [6.07, 6.45) is 3.65. The highest BCUT2D eigenvalue weighted by molar-refractivity contribution is 5.58. The second-order valence-electron chi connectivity index (χ2n) is 4.25. The highest BCUT2D eigenvalue weighted by atomic mass is 15.6. The molecule has 0 aliphatic rings. The Morgan fingerprint density at radius 1 is 0.950 bits per heavy atom. The molecular formula is C13H9N7. The van der Waals surface area contributed by atoms with Gasteiger partial charge < -0.3 is 0 Å². The Bertz CT molecular complexity index is 862. The van der Waals surface area contributed by atoms with E-state index in [4.69, 9.17) is 0 Å². The third kappa shape index (κ3) is 1.72. The van der Waals surface area contributed by atoms with Gasteiger partial charge in [-0.3, -0.25) is 4.57 Å². The lowest BCUT2D eigenvalue weighted by atomic mass is 10.2. The molecule has 0 aliphatic heterocycles. The van der Waals surface area contributed by atoms with Crippen molar-refractivity contribution in [3.63, 3.8) is 0 Å². The summed E-state index contributed by atoms with van der Waals surface area (Å²) in [6, 6.07) is 13.6. The number of imidazole rings is 1. The first-order chi connectivity index (χ1) is 9.90. The van der Waals surface area contributed by atoms with Crippen molar-refractivity contribution >= 4 is 5.65 Å². The minimum atomic E-state index is 0.608. The molecule has 0 aliphatic carbocycles. The Morgan fingerprint density at radius 2 is 1.85 bits per heavy atom. The Morgan fingerprint density at radius 3 is 2.75 bits per heavy atom. The first kappa shape index (κ1) is 10.8. The van der Waals surface area contributed by atoms with E-state index in [1.54, 1.807) is 6.33 Å². The SMILES string of the molecule is c1ccc(-c2cn(-c3ccc4nnnn4n3)cn2)cc1. The number of hydrogen-bond acceptors (Lipinski definition) is 5. The zero-order chi connectivity index (χ0) is 13.4. The molecular weight excluding hydrogens is 254 g/mol. The van der Waals surface area contributed by atoms with Crippen LogP contribution in [0.15, 0.2) is 55.0 Å². The maximum absolute atomic E-state index is 4.39. The zero-order valence-electron chi connectivity index (χ0n) is 10.3. The summed E-state index contributed by atoms with van der Waals surface area (Å²) in [7, 11) is 0. The summed E-state index contributed by atoms with van der Waals surface area (Å²) in [6.45, 7) is 0. The molecule has 0 radical (unpaired) electrons. The molecule has 20 heavy (non-hydrogen) atoms. The van der Waals surface area contributed by atoms with Crippen molar-refractivity contribution in [2.45, 2.75) is 0 Å². The summed E-state index contributed by atoms with van der Waals surface area (Å²) in [5.41, 5.74) is 2.57. The maximum atomic E-state index is 4.39. The molecule has 0 unspecified atom stereocenters. The molecule has 96 valence electrons. The number of hydrogen-bond donors (Lipinski definition) is 0. The Labute approximate surface area is 113 Å². The van der Waals surface area contributed by atoms with E-state index in [2.05, 4.69) is 25.6 Å². The van der Waals surface area contributed by atoms with Crippen molar-refractivity contribution in [3.05, 3.63) is 55.0 Å². The van der Waals surface area contributed by atoms with Crippen molar-refractivity contribution in [2.75, 3.05) is 0 Å². The van der Waals surface area contributed by atoms with Crippen molar-refractivity contribution in [2.24, 2.45) is 0 Å². The molecule has 7 nitrogen and oxygen atoms in total. The van der Waals surface area contributed by atoms with Gasteiger partial charge in [-0.1, -0.05) is 30.3 Å². The van der Waals surface area contributed by atoms with Crippen LogP contribution in [0.5, 0.6) is 0 Å². The Kier molecular flexibility index (Phi) is 2.28. The lowest BCUT2D eigenvalue weighted by Crippen LogP contribution is -2.01. The van der Waals surface area contributed by atoms with Crippen LogP contribution in [0.4, 0.5) is 0 Å². The first-order valence-corrected chi connectivity index (χ1v) is 6.05. The molecule has 0 N–H and O–H groups in total. The fraction of sp³-hybridized carbons (Fsp3) is 0. The second-order valence-corrected chi connectivity index (χ2v) is 4.25. The number of aromatic nitrogens is 7. The van der Waals surface area contributed by atoms with Gasteiger partial charge in [0.2, 0.25) is 0 Å². The van der Waals surface area contributed by atoms with Crippen LogP contribution >= 0.6 is 0 Å². The zero-order valence-corrected chi connectivity index (χ0v) is 10.3. The van der Waals surface area contributed by atoms with Gasteiger partial charge in [0.25, 0.3) is 0 Å². The fourth-order valence-electron chi connectivity index (χ4n) is 1.98. The van der Waals surface area contributed by atoms with Crippen LogP contribution in [-0.2, 0) is 0 Å². The highest BCUT2D eigenvalue weighted by Gasteiger charge is 2.06. The van der Waals surface area contributed by atoms with E-state index in [1.165, 1.54) is 4.63 Å². The fourth-order valence-corrected chi connectivity index (χ4v) is 1.98. The van der Waals surface area contributed by atoms with E-state index in [0.717, 1.165) is 11.3 Å². The van der Waals surface area contributed by atoms with E-state index in [1.807, 2.05) is 53.2 Å². The van der Waals surface area contributed by atoms with Crippen molar-refractivity contribution in [3.8, 4) is 17.1 Å². The van der Waals surface area contributed by atoms with Crippen LogP contribution in [0.2, 0.25) is 0 Å². The molecule has 7 heteroatoms. The minimum Gasteiger partial charge on any atom is -0.288 e. The van der Waals surface area contributed by atoms with E-state index in [0.29, 0.717) is 11.5 Å². The van der Waals surface area contributed by atoms with Gasteiger partial charge in [-0.25, -0.2) is 4.98 Å². The van der Waals surface area contributed by atoms with Gasteiger partial charge in [0.05, 0.1) is 5.69 Å². The predicted molar refractivity (Wildman–Crippen MR) is 71.1 cm³/mol. The van der Waals surface area contributed by atoms with E-state index < -0.39 is 0 Å². The van der Waals surface area contributed by atoms with Crippen LogP contribution in [0.25, 0.3) is 22.7 Å². The van der Waals surface area contributed by atoms with Crippen LogP contribution < -0.4 is 0 Å². The predicted octanol–water partition coefficient (Wildman–Crippen LogP) is 1.37. The van der Waals surface area contributed by atoms with Crippen LogP contribution in [0, 0.1) is 0 Å². The van der Waals surface area contributed by atoms with Gasteiger partial charge in [-0.05, 0) is 22.6 Å². The summed E-state index contributed by atoms with van der Waals surface area (Å²) < 4.78 is 3.22. The van der Waals surface area contributed by atoms with Crippen LogP contribution in [0.1, 0.15) is 0 Å². The third-order valence-electron chi connectivity index (χ3n) is 2.97. The lowest BCUT2D eigenvalue weighted by Gasteiger charge is -1.99. The number of rotatable bonds is 2. The molecule has 4 aromatic rings. The quantitative estimate of drug-likeness (QED) is 0.546. The normalized spacial score (nSPS) is 11.0. The maximum Gasteiger partial charge on any atom is 0.200 e. The molecule has 3 aromatic heterocycles. The minimum absolute atomic E-state index is 0.608. The largest absolute Gasteiger partial charge is 0.288 e. The third-order valence-corrected chi connectivity index (χ3v) is 2.97. The highest BCUT2D eigenvalue weighted by Crippen LogP contribution is 2.17.